The monoisotopic (exact) mass is 342 g/mol. The van der Waals surface area contributed by atoms with Crippen molar-refractivity contribution in [2.75, 3.05) is 6.79 Å². The molecule has 3 nitrogen and oxygen atoms in total. The van der Waals surface area contributed by atoms with Crippen molar-refractivity contribution in [1.29, 1.82) is 0 Å². The van der Waals surface area contributed by atoms with Gasteiger partial charge in [-0.25, -0.2) is 0 Å². The number of Topliss-reactive ketones (excluding diaryl/α,β-unsaturated/α-hetero) is 1. The predicted molar refractivity (Wildman–Crippen MR) is 82.7 cm³/mol. The lowest BCUT2D eigenvalue weighted by molar-refractivity contribution is 0.104. The van der Waals surface area contributed by atoms with Gasteiger partial charge < -0.3 is 9.47 Å². The lowest BCUT2D eigenvalue weighted by Crippen LogP contribution is -1.95. The van der Waals surface area contributed by atoms with Crippen LogP contribution in [0.2, 0.25) is 0 Å². The third-order valence-electron chi connectivity index (χ3n) is 3.76. The third kappa shape index (κ3) is 2.07. The summed E-state index contributed by atoms with van der Waals surface area (Å²) in [6.45, 7) is 0.242. The number of benzene rings is 2. The van der Waals surface area contributed by atoms with E-state index >= 15 is 0 Å². The van der Waals surface area contributed by atoms with E-state index < -0.39 is 0 Å². The van der Waals surface area contributed by atoms with Crippen LogP contribution in [0.25, 0.3) is 6.08 Å². The molecule has 0 atom stereocenters. The third-order valence-corrected chi connectivity index (χ3v) is 4.44. The fourth-order valence-electron chi connectivity index (χ4n) is 2.70. The predicted octanol–water partition coefficient (Wildman–Crippen LogP) is 4.00. The molecule has 0 saturated carbocycles. The quantitative estimate of drug-likeness (QED) is 0.735. The van der Waals surface area contributed by atoms with Crippen molar-refractivity contribution in [3.05, 3.63) is 63.1 Å². The number of hydrogen-bond acceptors (Lipinski definition) is 3. The number of allylic oxidation sites excluding steroid dienone is 1. The van der Waals surface area contributed by atoms with Crippen molar-refractivity contribution >= 4 is 27.8 Å². The standard InChI is InChI=1S/C17H11BrO3/c18-14-8-16-15(20-9-21-16)7-11(14)6-12-5-10-3-1-2-4-13(10)17(12)19/h1-4,6-8H,5,9H2/b12-6+. The van der Waals surface area contributed by atoms with E-state index in [0.717, 1.165) is 32.5 Å². The second-order valence-corrected chi connectivity index (χ2v) is 5.91. The van der Waals surface area contributed by atoms with Gasteiger partial charge in [-0.1, -0.05) is 40.2 Å². The van der Waals surface area contributed by atoms with Crippen LogP contribution in [0.15, 0.2) is 46.4 Å². The zero-order valence-electron chi connectivity index (χ0n) is 11.1. The van der Waals surface area contributed by atoms with Gasteiger partial charge in [0.05, 0.1) is 0 Å². The van der Waals surface area contributed by atoms with E-state index in [1.807, 2.05) is 42.5 Å². The lowest BCUT2D eigenvalue weighted by Gasteiger charge is -2.03. The number of rotatable bonds is 1. The second-order valence-electron chi connectivity index (χ2n) is 5.06. The Kier molecular flexibility index (Phi) is 2.86. The first-order valence-corrected chi connectivity index (χ1v) is 7.44. The van der Waals surface area contributed by atoms with Gasteiger partial charge in [-0.05, 0) is 29.3 Å². The number of ketones is 1. The van der Waals surface area contributed by atoms with Gasteiger partial charge in [0.25, 0.3) is 0 Å². The van der Waals surface area contributed by atoms with E-state index in [1.165, 1.54) is 0 Å². The molecule has 4 heteroatoms. The minimum Gasteiger partial charge on any atom is -0.454 e. The van der Waals surface area contributed by atoms with Crippen LogP contribution in [0.4, 0.5) is 0 Å². The fraction of sp³-hybridized carbons (Fsp3) is 0.118. The van der Waals surface area contributed by atoms with E-state index in [0.29, 0.717) is 12.2 Å². The van der Waals surface area contributed by atoms with Crippen LogP contribution in [0, 0.1) is 0 Å². The maximum atomic E-state index is 12.4. The Morgan fingerprint density at radius 3 is 2.67 bits per heavy atom. The summed E-state index contributed by atoms with van der Waals surface area (Å²) in [5, 5.41) is 0. The van der Waals surface area contributed by atoms with Crippen LogP contribution in [-0.2, 0) is 6.42 Å². The summed E-state index contributed by atoms with van der Waals surface area (Å²) in [6.07, 6.45) is 2.60. The molecule has 2 aromatic rings. The highest BCUT2D eigenvalue weighted by Gasteiger charge is 2.24. The van der Waals surface area contributed by atoms with Crippen LogP contribution in [-0.4, -0.2) is 12.6 Å². The van der Waals surface area contributed by atoms with E-state index in [1.54, 1.807) is 0 Å². The summed E-state index contributed by atoms with van der Waals surface area (Å²) in [5.74, 6) is 1.55. The largest absolute Gasteiger partial charge is 0.454 e. The van der Waals surface area contributed by atoms with Gasteiger partial charge in [-0.15, -0.1) is 0 Å². The van der Waals surface area contributed by atoms with Gasteiger partial charge in [0.2, 0.25) is 6.79 Å². The number of carbonyl (C=O) groups is 1. The van der Waals surface area contributed by atoms with E-state index in [-0.39, 0.29) is 12.6 Å². The number of ether oxygens (including phenoxy) is 2. The first kappa shape index (κ1) is 12.7. The van der Waals surface area contributed by atoms with Crippen LogP contribution < -0.4 is 9.47 Å². The molecule has 0 aromatic heterocycles. The maximum absolute atomic E-state index is 12.4. The Bertz CT molecular complexity index is 793. The average Bonchev–Trinajstić information content (AvgIpc) is 3.05. The molecule has 0 unspecified atom stereocenters. The van der Waals surface area contributed by atoms with E-state index in [9.17, 15) is 4.79 Å². The van der Waals surface area contributed by atoms with Crippen LogP contribution >= 0.6 is 15.9 Å². The first-order chi connectivity index (χ1) is 10.2. The SMILES string of the molecule is O=C1/C(=C/c2cc3c(cc2Br)OCO3)Cc2ccccc21. The number of hydrogen-bond donors (Lipinski definition) is 0. The summed E-state index contributed by atoms with van der Waals surface area (Å²) < 4.78 is 11.6. The molecule has 2 aliphatic rings. The molecule has 0 N–H and O–H groups in total. The molecule has 0 spiro atoms. The molecule has 0 amide bonds. The summed E-state index contributed by atoms with van der Waals surface area (Å²) >= 11 is 3.52. The van der Waals surface area contributed by atoms with Gasteiger partial charge in [-0.3, -0.25) is 4.79 Å². The smallest absolute Gasteiger partial charge is 0.231 e. The van der Waals surface area contributed by atoms with Crippen LogP contribution in [0.3, 0.4) is 0 Å². The van der Waals surface area contributed by atoms with E-state index in [4.69, 9.17) is 9.47 Å². The first-order valence-electron chi connectivity index (χ1n) is 6.65. The number of fused-ring (bicyclic) bond motifs is 2. The molecular weight excluding hydrogens is 332 g/mol. The minimum atomic E-state index is 0.107. The highest BCUT2D eigenvalue weighted by Crippen LogP contribution is 2.38. The van der Waals surface area contributed by atoms with Crippen molar-refractivity contribution < 1.29 is 14.3 Å². The van der Waals surface area contributed by atoms with Crippen LogP contribution in [0.5, 0.6) is 11.5 Å². The molecule has 1 aliphatic carbocycles. The molecule has 1 aliphatic heterocycles. The topological polar surface area (TPSA) is 35.5 Å². The van der Waals surface area contributed by atoms with E-state index in [2.05, 4.69) is 15.9 Å². The minimum absolute atomic E-state index is 0.107. The summed E-state index contributed by atoms with van der Waals surface area (Å²) in [4.78, 5) is 12.4. The Morgan fingerprint density at radius 1 is 1.10 bits per heavy atom. The molecule has 0 radical (unpaired) electrons. The summed E-state index contributed by atoms with van der Waals surface area (Å²) in [7, 11) is 0. The Labute approximate surface area is 130 Å². The fourth-order valence-corrected chi connectivity index (χ4v) is 3.14. The molecule has 2 aromatic carbocycles. The Morgan fingerprint density at radius 2 is 1.86 bits per heavy atom. The maximum Gasteiger partial charge on any atom is 0.231 e. The Hall–Kier alpha value is -2.07. The van der Waals surface area contributed by atoms with Gasteiger partial charge in [0, 0.05) is 22.0 Å². The molecule has 1 heterocycles. The highest BCUT2D eigenvalue weighted by molar-refractivity contribution is 9.10. The zero-order chi connectivity index (χ0) is 14.4. The van der Waals surface area contributed by atoms with Crippen molar-refractivity contribution in [3.8, 4) is 11.5 Å². The molecule has 0 bridgehead atoms. The van der Waals surface area contributed by atoms with Crippen molar-refractivity contribution in [2.45, 2.75) is 6.42 Å². The molecule has 21 heavy (non-hydrogen) atoms. The molecule has 0 fully saturated rings. The zero-order valence-corrected chi connectivity index (χ0v) is 12.6. The lowest BCUT2D eigenvalue weighted by atomic mass is 10.1. The van der Waals surface area contributed by atoms with Crippen molar-refractivity contribution in [1.82, 2.24) is 0 Å². The van der Waals surface area contributed by atoms with Crippen molar-refractivity contribution in [3.63, 3.8) is 0 Å². The van der Waals surface area contributed by atoms with Gasteiger partial charge >= 0.3 is 0 Å². The van der Waals surface area contributed by atoms with Gasteiger partial charge in [-0.2, -0.15) is 0 Å². The molecular formula is C17H11BrO3. The van der Waals surface area contributed by atoms with Crippen LogP contribution in [0.1, 0.15) is 21.5 Å². The number of carbonyl (C=O) groups excluding carboxylic acids is 1. The summed E-state index contributed by atoms with van der Waals surface area (Å²) in [5.41, 5.74) is 3.62. The Balaban J connectivity index is 1.75. The normalized spacial score (nSPS) is 17.4. The second kappa shape index (κ2) is 4.74. The van der Waals surface area contributed by atoms with Crippen molar-refractivity contribution in [2.24, 2.45) is 0 Å². The molecule has 4 rings (SSSR count). The number of halogens is 1. The molecule has 0 saturated heterocycles. The average molecular weight is 343 g/mol. The van der Waals surface area contributed by atoms with Gasteiger partial charge in [0.1, 0.15) is 0 Å². The summed E-state index contributed by atoms with van der Waals surface area (Å²) in [6, 6.07) is 11.5. The highest BCUT2D eigenvalue weighted by atomic mass is 79.9. The molecule has 104 valence electrons. The van der Waals surface area contributed by atoms with Gasteiger partial charge in [0.15, 0.2) is 17.3 Å².